The van der Waals surface area contributed by atoms with E-state index in [0.29, 0.717) is 18.4 Å². The number of aromatic hydroxyl groups is 1. The van der Waals surface area contributed by atoms with Crippen LogP contribution in [0.1, 0.15) is 61.3 Å². The fourth-order valence-electron chi connectivity index (χ4n) is 5.40. The van der Waals surface area contributed by atoms with Crippen LogP contribution in [0, 0.1) is 11.6 Å². The number of piperazine rings is 1. The second-order valence-corrected chi connectivity index (χ2v) is 9.41. The highest BCUT2D eigenvalue weighted by atomic mass is 19.1. The number of hydrogen-bond donors (Lipinski definition) is 2. The van der Waals surface area contributed by atoms with Gasteiger partial charge in [0, 0.05) is 69.2 Å². The largest absolute Gasteiger partial charge is 0.508 e. The van der Waals surface area contributed by atoms with E-state index in [9.17, 15) is 13.9 Å². The molecule has 2 aliphatic rings. The van der Waals surface area contributed by atoms with E-state index in [1.54, 1.807) is 32.4 Å². The monoisotopic (exact) mass is 540 g/mol. The van der Waals surface area contributed by atoms with E-state index in [2.05, 4.69) is 33.2 Å². The molecular weight excluding hydrogens is 498 g/mol. The highest BCUT2D eigenvalue weighted by molar-refractivity contribution is 5.58. The number of rotatable bonds is 5. The Morgan fingerprint density at radius 1 is 0.923 bits per heavy atom. The molecule has 0 bridgehead atoms. The molecule has 212 valence electrons. The number of nitrogens with one attached hydrogen (secondary N) is 1. The van der Waals surface area contributed by atoms with E-state index in [-0.39, 0.29) is 17.6 Å². The van der Waals surface area contributed by atoms with Crippen molar-refractivity contribution in [2.45, 2.75) is 45.4 Å². The lowest BCUT2D eigenvalue weighted by atomic mass is 9.69. The van der Waals surface area contributed by atoms with Crippen molar-refractivity contribution in [3.05, 3.63) is 88.5 Å². The Morgan fingerprint density at radius 3 is 2.23 bits per heavy atom. The third-order valence-electron chi connectivity index (χ3n) is 7.27. The van der Waals surface area contributed by atoms with Gasteiger partial charge in [0.15, 0.2) is 0 Å². The summed E-state index contributed by atoms with van der Waals surface area (Å²) >= 11 is 0. The first kappa shape index (κ1) is 30.4. The summed E-state index contributed by atoms with van der Waals surface area (Å²) in [6.07, 6.45) is 1.40. The predicted molar refractivity (Wildman–Crippen MR) is 154 cm³/mol. The molecule has 5 nitrogen and oxygen atoms in total. The number of methoxy groups -OCH3 is 2. The van der Waals surface area contributed by atoms with Crippen LogP contribution >= 0.6 is 0 Å². The van der Waals surface area contributed by atoms with Gasteiger partial charge in [-0.3, -0.25) is 0 Å². The zero-order valence-corrected chi connectivity index (χ0v) is 23.8. The lowest BCUT2D eigenvalue weighted by Gasteiger charge is -2.36. The molecule has 1 fully saturated rings. The van der Waals surface area contributed by atoms with Crippen molar-refractivity contribution in [1.29, 1.82) is 0 Å². The number of benzene rings is 3. The Hall–Kier alpha value is -3.16. The van der Waals surface area contributed by atoms with E-state index in [1.165, 1.54) is 6.07 Å². The molecule has 0 saturated carbocycles. The van der Waals surface area contributed by atoms with E-state index in [4.69, 9.17) is 4.74 Å². The predicted octanol–water partition coefficient (Wildman–Crippen LogP) is 6.63. The Morgan fingerprint density at radius 2 is 1.59 bits per heavy atom. The molecule has 2 atom stereocenters. The van der Waals surface area contributed by atoms with Crippen molar-refractivity contribution in [1.82, 2.24) is 5.32 Å². The Kier molecular flexibility index (Phi) is 11.6. The van der Waals surface area contributed by atoms with Gasteiger partial charge in [-0.15, -0.1) is 0 Å². The van der Waals surface area contributed by atoms with E-state index >= 15 is 0 Å². The second kappa shape index (κ2) is 14.8. The first-order chi connectivity index (χ1) is 19.0. The highest BCUT2D eigenvalue weighted by Crippen LogP contribution is 2.50. The van der Waals surface area contributed by atoms with Gasteiger partial charge in [-0.2, -0.15) is 0 Å². The van der Waals surface area contributed by atoms with Crippen LogP contribution in [0.2, 0.25) is 0 Å². The molecule has 39 heavy (non-hydrogen) atoms. The van der Waals surface area contributed by atoms with Gasteiger partial charge in [-0.25, -0.2) is 8.78 Å². The van der Waals surface area contributed by atoms with Crippen LogP contribution < -0.4 is 15.0 Å². The maximum Gasteiger partial charge on any atom is 0.129 e. The van der Waals surface area contributed by atoms with Crippen LogP contribution in [0.5, 0.6) is 11.5 Å². The van der Waals surface area contributed by atoms with E-state index in [0.717, 1.165) is 67.0 Å². The lowest BCUT2D eigenvalue weighted by Crippen LogP contribution is -2.43. The summed E-state index contributed by atoms with van der Waals surface area (Å²) < 4.78 is 39.0. The number of fused-ring (bicyclic) bond motifs is 1. The average molecular weight is 541 g/mol. The smallest absolute Gasteiger partial charge is 0.129 e. The summed E-state index contributed by atoms with van der Waals surface area (Å²) in [6, 6.07) is 15.5. The molecule has 0 aromatic heterocycles. The number of nitrogens with zero attached hydrogens (tertiary/aromatic N) is 1. The second-order valence-electron chi connectivity index (χ2n) is 9.41. The summed E-state index contributed by atoms with van der Waals surface area (Å²) in [5, 5.41) is 13.4. The lowest BCUT2D eigenvalue weighted by molar-refractivity contribution is 0.215. The minimum atomic E-state index is -0.577. The van der Waals surface area contributed by atoms with Crippen LogP contribution in [-0.2, 0) is 11.2 Å². The average Bonchev–Trinajstić information content (AvgIpc) is 2.98. The van der Waals surface area contributed by atoms with Gasteiger partial charge in [-0.1, -0.05) is 32.0 Å². The molecule has 2 N–H and O–H groups in total. The van der Waals surface area contributed by atoms with Crippen LogP contribution in [0.25, 0.3) is 0 Å². The van der Waals surface area contributed by atoms with Crippen LogP contribution in [0.15, 0.2) is 54.6 Å². The van der Waals surface area contributed by atoms with Gasteiger partial charge in [0.1, 0.15) is 23.1 Å². The normalized spacial score (nSPS) is 18.2. The molecule has 0 spiro atoms. The van der Waals surface area contributed by atoms with Crippen molar-refractivity contribution < 1.29 is 23.4 Å². The van der Waals surface area contributed by atoms with Gasteiger partial charge in [0.25, 0.3) is 0 Å². The number of aryl methyl sites for hydroxylation is 1. The van der Waals surface area contributed by atoms with Crippen molar-refractivity contribution in [2.24, 2.45) is 0 Å². The van der Waals surface area contributed by atoms with Crippen molar-refractivity contribution in [2.75, 3.05) is 51.9 Å². The topological polar surface area (TPSA) is 54.0 Å². The molecule has 3 aromatic carbocycles. The molecule has 5 rings (SSSR count). The number of halogens is 2. The standard InChI is InChI=1S/C27H28F2N2O2.C3H8O.C2H6/c1-33-26-16-19(31-12-10-30-11-13-31)4-8-24(26)27-21-9-5-20(32)14-17(21)2-6-23(27)22-7-3-18(28)15-25(22)29;1-3-4-2;1-2/h3-5,7-9,14-16,23,27,30,32H,2,6,10-13H2,1H3;3H2,1-2H3;1-2H3. The number of hydrogen-bond acceptors (Lipinski definition) is 5. The van der Waals surface area contributed by atoms with Crippen molar-refractivity contribution >= 4 is 5.69 Å². The summed E-state index contributed by atoms with van der Waals surface area (Å²) in [5.41, 5.74) is 4.67. The van der Waals surface area contributed by atoms with Gasteiger partial charge >= 0.3 is 0 Å². The minimum absolute atomic E-state index is 0.179. The van der Waals surface area contributed by atoms with Crippen molar-refractivity contribution in [3.63, 3.8) is 0 Å². The molecular formula is C32H42F2N2O3. The highest BCUT2D eigenvalue weighted by Gasteiger charge is 2.35. The Bertz CT molecular complexity index is 1200. The number of anilines is 1. The zero-order valence-electron chi connectivity index (χ0n) is 23.8. The SMILES string of the molecule is CC.CCOC.COc1cc(N2CCNCC2)ccc1C1c2ccc(O)cc2CCC1c1ccc(F)cc1F. The van der Waals surface area contributed by atoms with Gasteiger partial charge in [0.2, 0.25) is 0 Å². The van der Waals surface area contributed by atoms with E-state index < -0.39 is 11.6 Å². The van der Waals surface area contributed by atoms with Crippen LogP contribution in [-0.4, -0.2) is 52.1 Å². The number of phenols is 1. The van der Waals surface area contributed by atoms with Gasteiger partial charge in [0.05, 0.1) is 7.11 Å². The third-order valence-corrected chi connectivity index (χ3v) is 7.27. The zero-order chi connectivity index (χ0) is 28.4. The molecule has 3 aromatic rings. The minimum Gasteiger partial charge on any atom is -0.508 e. The fraction of sp³-hybridized carbons (Fsp3) is 0.438. The van der Waals surface area contributed by atoms with Gasteiger partial charge < -0.3 is 24.8 Å². The molecule has 0 amide bonds. The summed E-state index contributed by atoms with van der Waals surface area (Å²) in [4.78, 5) is 2.33. The first-order valence-corrected chi connectivity index (χ1v) is 13.9. The van der Waals surface area contributed by atoms with Crippen LogP contribution in [0.3, 0.4) is 0 Å². The maximum atomic E-state index is 14.9. The molecule has 0 radical (unpaired) electrons. The summed E-state index contributed by atoms with van der Waals surface area (Å²) in [7, 11) is 3.34. The Labute approximate surface area is 231 Å². The first-order valence-electron chi connectivity index (χ1n) is 13.9. The molecule has 1 aliphatic heterocycles. The van der Waals surface area contributed by atoms with E-state index in [1.807, 2.05) is 26.8 Å². The molecule has 7 heteroatoms. The number of ether oxygens (including phenoxy) is 2. The van der Waals surface area contributed by atoms with Crippen LogP contribution in [0.4, 0.5) is 14.5 Å². The Balaban J connectivity index is 0.000000644. The maximum absolute atomic E-state index is 14.9. The summed E-state index contributed by atoms with van der Waals surface area (Å²) in [5.74, 6) is -0.483. The summed E-state index contributed by atoms with van der Waals surface area (Å²) in [6.45, 7) is 10.5. The molecule has 1 saturated heterocycles. The molecule has 1 heterocycles. The molecule has 1 aliphatic carbocycles. The third kappa shape index (κ3) is 7.28. The fourth-order valence-corrected chi connectivity index (χ4v) is 5.40. The molecule has 2 unspecified atom stereocenters. The number of phenolic OH excluding ortho intramolecular Hbond substituents is 1. The van der Waals surface area contributed by atoms with Gasteiger partial charge in [-0.05, 0) is 66.6 Å². The quantitative estimate of drug-likeness (QED) is 0.381. The van der Waals surface area contributed by atoms with Crippen molar-refractivity contribution in [3.8, 4) is 11.5 Å².